The third-order valence-electron chi connectivity index (χ3n) is 6.75. The van der Waals surface area contributed by atoms with E-state index in [9.17, 15) is 26.4 Å². The van der Waals surface area contributed by atoms with E-state index in [0.29, 0.717) is 16.8 Å². The molecule has 7 nitrogen and oxygen atoms in total. The van der Waals surface area contributed by atoms with Crippen molar-refractivity contribution in [3.05, 3.63) is 46.7 Å². The molecule has 0 radical (unpaired) electrons. The number of rotatable bonds is 7. The highest BCUT2D eigenvalue weighted by molar-refractivity contribution is 7.94. The van der Waals surface area contributed by atoms with Crippen LogP contribution in [0.5, 0.6) is 5.75 Å². The van der Waals surface area contributed by atoms with Crippen molar-refractivity contribution in [1.82, 2.24) is 4.57 Å². The fraction of sp³-hybridized carbons (Fsp3) is 0.423. The number of sulfonamides is 1. The number of hydrogen-bond acceptors (Lipinski definition) is 4. The molecule has 12 heteroatoms. The van der Waals surface area contributed by atoms with Gasteiger partial charge in [0.05, 0.1) is 32.2 Å². The zero-order valence-corrected chi connectivity index (χ0v) is 22.7. The predicted octanol–water partition coefficient (Wildman–Crippen LogP) is 6.85. The minimum atomic E-state index is -3.77. The van der Waals surface area contributed by atoms with Gasteiger partial charge < -0.3 is 15.0 Å². The van der Waals surface area contributed by atoms with Crippen LogP contribution in [-0.2, 0) is 10.0 Å². The molecule has 2 aromatic carbocycles. The van der Waals surface area contributed by atoms with Crippen LogP contribution in [-0.4, -0.2) is 30.3 Å². The third-order valence-corrected chi connectivity index (χ3v) is 9.17. The normalized spacial score (nSPS) is 15.3. The van der Waals surface area contributed by atoms with Crippen LogP contribution < -0.4 is 15.2 Å². The van der Waals surface area contributed by atoms with Crippen LogP contribution in [0.25, 0.3) is 22.2 Å². The van der Waals surface area contributed by atoms with Gasteiger partial charge in [0, 0.05) is 23.1 Å². The molecule has 0 saturated heterocycles. The average molecular weight is 572 g/mol. The number of nitrogens with one attached hydrogen (secondary N) is 1. The van der Waals surface area contributed by atoms with Crippen molar-refractivity contribution in [2.24, 2.45) is 5.73 Å². The second kappa shape index (κ2) is 10.3. The summed E-state index contributed by atoms with van der Waals surface area (Å²) in [6.07, 6.45) is 4.33. The molecule has 4 rings (SSSR count). The second-order valence-electron chi connectivity index (χ2n) is 10.3. The third kappa shape index (κ3) is 5.31. The van der Waals surface area contributed by atoms with Crippen LogP contribution in [0.2, 0.25) is 5.02 Å². The van der Waals surface area contributed by atoms with Gasteiger partial charge in [-0.1, -0.05) is 36.9 Å². The van der Waals surface area contributed by atoms with Crippen LogP contribution in [0.15, 0.2) is 30.3 Å². The summed E-state index contributed by atoms with van der Waals surface area (Å²) in [6.45, 7) is 1.40. The van der Waals surface area contributed by atoms with E-state index in [1.54, 1.807) is 26.8 Å². The first-order valence-corrected chi connectivity index (χ1v) is 14.0. The summed E-state index contributed by atoms with van der Waals surface area (Å²) in [4.78, 5) is 12.7. The van der Waals surface area contributed by atoms with E-state index in [1.807, 2.05) is 4.57 Å². The zero-order valence-electron chi connectivity index (χ0n) is 21.2. The van der Waals surface area contributed by atoms with Crippen LogP contribution in [0, 0.1) is 5.82 Å². The van der Waals surface area contributed by atoms with Crippen LogP contribution in [0.3, 0.4) is 0 Å². The number of benzene rings is 2. The summed E-state index contributed by atoms with van der Waals surface area (Å²) < 4.78 is 73.6. The number of hydrogen-bond donors (Lipinski definition) is 2. The molecule has 38 heavy (non-hydrogen) atoms. The summed E-state index contributed by atoms with van der Waals surface area (Å²) in [5.41, 5.74) is 7.03. The number of aromatic nitrogens is 1. The lowest BCUT2D eigenvalue weighted by atomic mass is 9.94. The molecule has 0 spiro atoms. The first-order valence-electron chi connectivity index (χ1n) is 12.2. The molecule has 1 aliphatic rings. The number of anilines is 1. The number of carbonyl (C=O) groups is 1. The molecular formula is C26H29ClF3N3O4S. The summed E-state index contributed by atoms with van der Waals surface area (Å²) in [5, 5.41) is 0.227. The highest BCUT2D eigenvalue weighted by atomic mass is 35.5. The molecular weight excluding hydrogens is 543 g/mol. The lowest BCUT2D eigenvalue weighted by Crippen LogP contribution is -2.33. The van der Waals surface area contributed by atoms with E-state index >= 15 is 0 Å². The van der Waals surface area contributed by atoms with Gasteiger partial charge in [-0.2, -0.15) is 8.78 Å². The molecule has 3 N–H and O–H groups in total. The minimum absolute atomic E-state index is 0.00663. The number of halogens is 4. The molecule has 1 amide bonds. The van der Waals surface area contributed by atoms with Crippen molar-refractivity contribution in [2.45, 2.75) is 70.3 Å². The van der Waals surface area contributed by atoms with Crippen LogP contribution in [0.1, 0.15) is 69.3 Å². The highest BCUT2D eigenvalue weighted by Crippen LogP contribution is 2.43. The average Bonchev–Trinajstić information content (AvgIpc) is 3.14. The van der Waals surface area contributed by atoms with E-state index in [0.717, 1.165) is 44.2 Å². The quantitative estimate of drug-likeness (QED) is 0.324. The number of alkyl halides is 2. The summed E-state index contributed by atoms with van der Waals surface area (Å²) in [7, 11) is -3.77. The topological polar surface area (TPSA) is 103 Å². The fourth-order valence-electron chi connectivity index (χ4n) is 4.79. The molecule has 0 atom stereocenters. The number of ether oxygens (including phenoxy) is 1. The van der Waals surface area contributed by atoms with Gasteiger partial charge >= 0.3 is 6.61 Å². The van der Waals surface area contributed by atoms with Crippen molar-refractivity contribution in [1.29, 1.82) is 0 Å². The fourth-order valence-corrected chi connectivity index (χ4v) is 5.85. The summed E-state index contributed by atoms with van der Waals surface area (Å²) in [5.74, 6) is -2.54. The van der Waals surface area contributed by atoms with Crippen LogP contribution >= 0.6 is 11.6 Å². The molecule has 0 bridgehead atoms. The molecule has 1 heterocycles. The molecule has 206 valence electrons. The van der Waals surface area contributed by atoms with Gasteiger partial charge in [-0.3, -0.25) is 9.52 Å². The summed E-state index contributed by atoms with van der Waals surface area (Å²) in [6, 6.07) is 6.56. The van der Waals surface area contributed by atoms with Gasteiger partial charge in [0.15, 0.2) is 11.6 Å². The largest absolute Gasteiger partial charge is 0.432 e. The standard InChI is InChI=1S/C26H29ClF3N3O4S/c1-26(2,3)38(35,36)32-19-10-9-14(11-17(19)27)23-22(24(31)34)16-12-18(28)21(37-25(29)30)13-20(16)33(23)15-7-5-4-6-8-15/h9-13,15,25,32H,4-8H2,1-3H3,(H2,31,34). The van der Waals surface area contributed by atoms with Gasteiger partial charge in [0.25, 0.3) is 5.91 Å². The monoisotopic (exact) mass is 571 g/mol. The Balaban J connectivity index is 1.97. The maximum atomic E-state index is 14.8. The van der Waals surface area contributed by atoms with E-state index in [4.69, 9.17) is 17.3 Å². The van der Waals surface area contributed by atoms with Gasteiger partial charge in [-0.15, -0.1) is 0 Å². The van der Waals surface area contributed by atoms with Crippen molar-refractivity contribution in [2.75, 3.05) is 4.72 Å². The number of nitrogens with zero attached hydrogens (tertiary/aromatic N) is 1. The smallest absolute Gasteiger partial charge is 0.387 e. The Morgan fingerprint density at radius 2 is 1.82 bits per heavy atom. The van der Waals surface area contributed by atoms with Gasteiger partial charge in [0.2, 0.25) is 10.0 Å². The number of amides is 1. The molecule has 0 aliphatic heterocycles. The zero-order chi connectivity index (χ0) is 28.0. The lowest BCUT2D eigenvalue weighted by Gasteiger charge is -2.27. The maximum Gasteiger partial charge on any atom is 0.387 e. The first-order chi connectivity index (χ1) is 17.7. The number of carbonyl (C=O) groups excluding carboxylic acids is 1. The van der Waals surface area contributed by atoms with E-state index in [1.165, 1.54) is 12.1 Å². The number of nitrogens with two attached hydrogens (primary N) is 1. The Bertz CT molecular complexity index is 1490. The number of fused-ring (bicyclic) bond motifs is 1. The Labute approximate surface area is 224 Å². The Morgan fingerprint density at radius 3 is 2.37 bits per heavy atom. The Kier molecular flexibility index (Phi) is 7.64. The van der Waals surface area contributed by atoms with Crippen molar-refractivity contribution >= 4 is 44.1 Å². The molecule has 1 aliphatic carbocycles. The first kappa shape index (κ1) is 28.1. The van der Waals surface area contributed by atoms with Crippen LogP contribution in [0.4, 0.5) is 18.9 Å². The van der Waals surface area contributed by atoms with Crippen molar-refractivity contribution in [3.63, 3.8) is 0 Å². The summed E-state index contributed by atoms with van der Waals surface area (Å²) >= 11 is 6.50. The van der Waals surface area contributed by atoms with E-state index < -0.39 is 38.9 Å². The van der Waals surface area contributed by atoms with E-state index in [2.05, 4.69) is 9.46 Å². The predicted molar refractivity (Wildman–Crippen MR) is 142 cm³/mol. The van der Waals surface area contributed by atoms with Crippen molar-refractivity contribution < 1.29 is 31.1 Å². The highest BCUT2D eigenvalue weighted by Gasteiger charge is 2.31. The molecule has 1 saturated carbocycles. The van der Waals surface area contributed by atoms with Gasteiger partial charge in [-0.05, 0) is 51.8 Å². The van der Waals surface area contributed by atoms with E-state index in [-0.39, 0.29) is 27.7 Å². The maximum absolute atomic E-state index is 14.8. The van der Waals surface area contributed by atoms with Gasteiger partial charge in [0.1, 0.15) is 0 Å². The number of primary amides is 1. The molecule has 0 unspecified atom stereocenters. The minimum Gasteiger partial charge on any atom is -0.432 e. The second-order valence-corrected chi connectivity index (χ2v) is 13.2. The molecule has 3 aromatic rings. The van der Waals surface area contributed by atoms with Gasteiger partial charge in [-0.25, -0.2) is 12.8 Å². The Morgan fingerprint density at radius 1 is 1.16 bits per heavy atom. The molecule has 1 aromatic heterocycles. The lowest BCUT2D eigenvalue weighted by molar-refractivity contribution is -0.0521. The van der Waals surface area contributed by atoms with Crippen molar-refractivity contribution in [3.8, 4) is 17.0 Å². The SMILES string of the molecule is CC(C)(C)S(=O)(=O)Nc1ccc(-c2c(C(N)=O)c3cc(F)c(OC(F)F)cc3n2C2CCCCC2)cc1Cl. The molecule has 1 fully saturated rings. The Hall–Kier alpha value is -2.92.